The molecule has 0 aromatic heterocycles. The summed E-state index contributed by atoms with van der Waals surface area (Å²) in [5.41, 5.74) is 5.69. The SMILES string of the molecule is CCCCCCCCNCC(C)NCC(C)N. The van der Waals surface area contributed by atoms with Crippen molar-refractivity contribution >= 4 is 0 Å². The van der Waals surface area contributed by atoms with Gasteiger partial charge in [0.1, 0.15) is 0 Å². The van der Waals surface area contributed by atoms with Crippen molar-refractivity contribution in [3.05, 3.63) is 0 Å². The summed E-state index contributed by atoms with van der Waals surface area (Å²) < 4.78 is 0. The first-order chi connectivity index (χ1) is 8.16. The molecule has 0 aliphatic rings. The zero-order valence-electron chi connectivity index (χ0n) is 12.1. The van der Waals surface area contributed by atoms with E-state index in [4.69, 9.17) is 5.73 Å². The largest absolute Gasteiger partial charge is 0.327 e. The van der Waals surface area contributed by atoms with Crippen LogP contribution in [0.4, 0.5) is 0 Å². The van der Waals surface area contributed by atoms with E-state index in [-0.39, 0.29) is 6.04 Å². The average molecular weight is 243 g/mol. The molecule has 0 amide bonds. The van der Waals surface area contributed by atoms with Gasteiger partial charge in [0.05, 0.1) is 0 Å². The summed E-state index contributed by atoms with van der Waals surface area (Å²) >= 11 is 0. The number of rotatable bonds is 12. The minimum atomic E-state index is 0.246. The highest BCUT2D eigenvalue weighted by Crippen LogP contribution is 2.03. The summed E-state index contributed by atoms with van der Waals surface area (Å²) in [5.74, 6) is 0. The van der Waals surface area contributed by atoms with Crippen molar-refractivity contribution in [2.45, 2.75) is 71.4 Å². The second kappa shape index (κ2) is 12.3. The summed E-state index contributed by atoms with van der Waals surface area (Å²) in [4.78, 5) is 0. The molecular formula is C14H33N3. The van der Waals surface area contributed by atoms with Crippen molar-refractivity contribution < 1.29 is 0 Å². The van der Waals surface area contributed by atoms with E-state index >= 15 is 0 Å². The summed E-state index contributed by atoms with van der Waals surface area (Å²) in [5, 5.41) is 6.91. The lowest BCUT2D eigenvalue weighted by Crippen LogP contribution is -2.41. The zero-order chi connectivity index (χ0) is 12.9. The molecule has 0 aliphatic heterocycles. The minimum absolute atomic E-state index is 0.246. The third kappa shape index (κ3) is 13.8. The fraction of sp³-hybridized carbons (Fsp3) is 1.00. The molecule has 0 saturated heterocycles. The second-order valence-electron chi connectivity index (χ2n) is 5.26. The molecule has 2 atom stereocenters. The number of hydrogen-bond acceptors (Lipinski definition) is 3. The van der Waals surface area contributed by atoms with E-state index < -0.39 is 0 Å². The van der Waals surface area contributed by atoms with Crippen LogP contribution in [-0.4, -0.2) is 31.7 Å². The summed E-state index contributed by atoms with van der Waals surface area (Å²) in [6.45, 7) is 9.59. The maximum Gasteiger partial charge on any atom is 0.0164 e. The van der Waals surface area contributed by atoms with Crippen LogP contribution in [0, 0.1) is 0 Å². The molecule has 3 heteroatoms. The molecule has 4 N–H and O–H groups in total. The highest BCUT2D eigenvalue weighted by atomic mass is 15.0. The van der Waals surface area contributed by atoms with Gasteiger partial charge < -0.3 is 16.4 Å². The van der Waals surface area contributed by atoms with Gasteiger partial charge in [0, 0.05) is 25.2 Å². The highest BCUT2D eigenvalue weighted by Gasteiger charge is 2.01. The summed E-state index contributed by atoms with van der Waals surface area (Å²) in [6.07, 6.45) is 8.21. The third-order valence-electron chi connectivity index (χ3n) is 2.95. The topological polar surface area (TPSA) is 50.1 Å². The van der Waals surface area contributed by atoms with E-state index in [0.717, 1.165) is 19.6 Å². The van der Waals surface area contributed by atoms with E-state index in [1.807, 2.05) is 6.92 Å². The molecule has 2 unspecified atom stereocenters. The van der Waals surface area contributed by atoms with Crippen LogP contribution >= 0.6 is 0 Å². The van der Waals surface area contributed by atoms with Gasteiger partial charge in [-0.3, -0.25) is 0 Å². The maximum absolute atomic E-state index is 5.69. The van der Waals surface area contributed by atoms with Gasteiger partial charge in [-0.05, 0) is 26.8 Å². The van der Waals surface area contributed by atoms with Crippen molar-refractivity contribution in [3.8, 4) is 0 Å². The zero-order valence-corrected chi connectivity index (χ0v) is 12.1. The van der Waals surface area contributed by atoms with Gasteiger partial charge in [0.25, 0.3) is 0 Å². The van der Waals surface area contributed by atoms with Gasteiger partial charge in [-0.1, -0.05) is 39.0 Å². The van der Waals surface area contributed by atoms with Gasteiger partial charge in [0.2, 0.25) is 0 Å². The van der Waals surface area contributed by atoms with Gasteiger partial charge in [-0.25, -0.2) is 0 Å². The van der Waals surface area contributed by atoms with Crippen LogP contribution in [-0.2, 0) is 0 Å². The van der Waals surface area contributed by atoms with Crippen LogP contribution in [0.5, 0.6) is 0 Å². The van der Waals surface area contributed by atoms with Crippen LogP contribution in [0.3, 0.4) is 0 Å². The van der Waals surface area contributed by atoms with E-state index in [1.54, 1.807) is 0 Å². The quantitative estimate of drug-likeness (QED) is 0.461. The average Bonchev–Trinajstić information content (AvgIpc) is 2.30. The minimum Gasteiger partial charge on any atom is -0.327 e. The lowest BCUT2D eigenvalue weighted by molar-refractivity contribution is 0.475. The Balaban J connectivity index is 3.11. The van der Waals surface area contributed by atoms with E-state index in [0.29, 0.717) is 6.04 Å². The highest BCUT2D eigenvalue weighted by molar-refractivity contribution is 4.67. The summed E-state index contributed by atoms with van der Waals surface area (Å²) in [6, 6.07) is 0.761. The molecule has 0 fully saturated rings. The van der Waals surface area contributed by atoms with Gasteiger partial charge >= 0.3 is 0 Å². The van der Waals surface area contributed by atoms with Crippen molar-refractivity contribution in [2.75, 3.05) is 19.6 Å². The van der Waals surface area contributed by atoms with Crippen molar-refractivity contribution in [3.63, 3.8) is 0 Å². The van der Waals surface area contributed by atoms with Crippen molar-refractivity contribution in [1.29, 1.82) is 0 Å². The molecule has 0 saturated carbocycles. The molecule has 0 radical (unpaired) electrons. The molecule has 0 rings (SSSR count). The number of unbranched alkanes of at least 4 members (excludes halogenated alkanes) is 5. The number of nitrogens with two attached hydrogens (primary N) is 1. The molecule has 17 heavy (non-hydrogen) atoms. The second-order valence-corrected chi connectivity index (χ2v) is 5.26. The smallest absolute Gasteiger partial charge is 0.0164 e. The monoisotopic (exact) mass is 243 g/mol. The molecule has 0 spiro atoms. The standard InChI is InChI=1S/C14H33N3/c1-4-5-6-7-8-9-10-16-12-14(3)17-11-13(2)15/h13-14,16-17H,4-12,15H2,1-3H3. The Bertz CT molecular complexity index is 148. The molecule has 104 valence electrons. The van der Waals surface area contributed by atoms with Gasteiger partial charge in [-0.2, -0.15) is 0 Å². The number of hydrogen-bond donors (Lipinski definition) is 3. The maximum atomic E-state index is 5.69. The Hall–Kier alpha value is -0.120. The first-order valence-electron chi connectivity index (χ1n) is 7.36. The molecule has 0 aliphatic carbocycles. The molecule has 0 aromatic carbocycles. The molecule has 0 aromatic rings. The van der Waals surface area contributed by atoms with Crippen LogP contribution in [0.15, 0.2) is 0 Å². The van der Waals surface area contributed by atoms with Gasteiger partial charge in [0.15, 0.2) is 0 Å². The Kier molecular flexibility index (Phi) is 12.3. The third-order valence-corrected chi connectivity index (χ3v) is 2.95. The van der Waals surface area contributed by atoms with Crippen LogP contribution in [0.2, 0.25) is 0 Å². The Morgan fingerprint density at radius 3 is 2.24 bits per heavy atom. The van der Waals surface area contributed by atoms with Crippen LogP contribution in [0.1, 0.15) is 59.3 Å². The normalized spacial score (nSPS) is 14.8. The molecular weight excluding hydrogens is 210 g/mol. The predicted molar refractivity (Wildman–Crippen MR) is 77.4 cm³/mol. The molecule has 0 heterocycles. The predicted octanol–water partition coefficient (Wildman–Crippen LogP) is 2.26. The fourth-order valence-corrected chi connectivity index (χ4v) is 1.81. The van der Waals surface area contributed by atoms with Crippen LogP contribution < -0.4 is 16.4 Å². The Labute approximate surface area is 108 Å². The van der Waals surface area contributed by atoms with Crippen molar-refractivity contribution in [2.24, 2.45) is 5.73 Å². The lowest BCUT2D eigenvalue weighted by atomic mass is 10.1. The molecule has 3 nitrogen and oxygen atoms in total. The Morgan fingerprint density at radius 2 is 1.59 bits per heavy atom. The molecule has 0 bridgehead atoms. The van der Waals surface area contributed by atoms with E-state index in [2.05, 4.69) is 24.5 Å². The van der Waals surface area contributed by atoms with Crippen molar-refractivity contribution in [1.82, 2.24) is 10.6 Å². The first kappa shape index (κ1) is 16.9. The lowest BCUT2D eigenvalue weighted by Gasteiger charge is -2.16. The Morgan fingerprint density at radius 1 is 0.941 bits per heavy atom. The van der Waals surface area contributed by atoms with E-state index in [1.165, 1.54) is 38.5 Å². The summed E-state index contributed by atoms with van der Waals surface area (Å²) in [7, 11) is 0. The van der Waals surface area contributed by atoms with Gasteiger partial charge in [-0.15, -0.1) is 0 Å². The van der Waals surface area contributed by atoms with E-state index in [9.17, 15) is 0 Å². The first-order valence-corrected chi connectivity index (χ1v) is 7.36. The van der Waals surface area contributed by atoms with Crippen LogP contribution in [0.25, 0.3) is 0 Å². The fourth-order valence-electron chi connectivity index (χ4n) is 1.81. The number of nitrogens with one attached hydrogen (secondary N) is 2.